The number of H-pyrrole nitrogens is 1. The first-order chi connectivity index (χ1) is 8.58. The van der Waals surface area contributed by atoms with Crippen LogP contribution in [0.4, 0.5) is 0 Å². The van der Waals surface area contributed by atoms with Gasteiger partial charge in [-0.15, -0.1) is 0 Å². The number of aromatic amines is 1. The first-order valence-electron chi connectivity index (χ1n) is 6.49. The van der Waals surface area contributed by atoms with Gasteiger partial charge in [0, 0.05) is 24.4 Å². The van der Waals surface area contributed by atoms with Crippen LogP contribution in [0.1, 0.15) is 42.9 Å². The molecule has 1 aromatic rings. The van der Waals surface area contributed by atoms with Gasteiger partial charge in [-0.3, -0.25) is 4.79 Å². The number of hydrogen-bond acceptors (Lipinski definition) is 4. The van der Waals surface area contributed by atoms with E-state index in [0.717, 1.165) is 37.3 Å². The molecule has 0 radical (unpaired) electrons. The highest BCUT2D eigenvalue weighted by atomic mass is 16.5. The average molecular weight is 251 g/mol. The van der Waals surface area contributed by atoms with Crippen LogP contribution in [0.25, 0.3) is 0 Å². The van der Waals surface area contributed by atoms with E-state index in [-0.39, 0.29) is 11.6 Å². The number of hydrogen-bond donors (Lipinski definition) is 2. The molecule has 1 fully saturated rings. The van der Waals surface area contributed by atoms with E-state index in [1.54, 1.807) is 6.92 Å². The predicted octanol–water partition coefficient (Wildman–Crippen LogP) is 1.22. The van der Waals surface area contributed by atoms with Gasteiger partial charge in [0.1, 0.15) is 5.82 Å². The highest BCUT2D eigenvalue weighted by molar-refractivity contribution is 5.20. The van der Waals surface area contributed by atoms with E-state index in [1.165, 1.54) is 0 Å². The molecule has 18 heavy (non-hydrogen) atoms. The highest BCUT2D eigenvalue weighted by Crippen LogP contribution is 2.15. The standard InChI is InChI=1S/C13H21N3O2/c1-8-12(13(17)16-10(3)14-8)9(2)15-11-5-4-6-18-7-11/h9,11,15H,4-7H2,1-3H3,(H,14,16,17). The topological polar surface area (TPSA) is 67.0 Å². The molecule has 2 N–H and O–H groups in total. The van der Waals surface area contributed by atoms with E-state index in [4.69, 9.17) is 4.74 Å². The van der Waals surface area contributed by atoms with Crippen LogP contribution in [0.3, 0.4) is 0 Å². The van der Waals surface area contributed by atoms with E-state index in [9.17, 15) is 4.79 Å². The maximum Gasteiger partial charge on any atom is 0.255 e. The largest absolute Gasteiger partial charge is 0.380 e. The van der Waals surface area contributed by atoms with Crippen molar-refractivity contribution in [3.8, 4) is 0 Å². The van der Waals surface area contributed by atoms with Gasteiger partial charge in [-0.1, -0.05) is 0 Å². The van der Waals surface area contributed by atoms with Crippen molar-refractivity contribution < 1.29 is 4.74 Å². The van der Waals surface area contributed by atoms with E-state index in [0.29, 0.717) is 11.9 Å². The minimum atomic E-state index is -0.0447. The third-order valence-electron chi connectivity index (χ3n) is 3.34. The van der Waals surface area contributed by atoms with Crippen molar-refractivity contribution in [2.24, 2.45) is 0 Å². The van der Waals surface area contributed by atoms with Gasteiger partial charge in [0.2, 0.25) is 0 Å². The van der Waals surface area contributed by atoms with Crippen LogP contribution in [0, 0.1) is 13.8 Å². The molecule has 100 valence electrons. The molecule has 0 amide bonds. The molecule has 1 aliphatic heterocycles. The van der Waals surface area contributed by atoms with E-state index in [1.807, 2.05) is 13.8 Å². The van der Waals surface area contributed by atoms with Crippen LogP contribution in [0.2, 0.25) is 0 Å². The molecule has 0 spiro atoms. The van der Waals surface area contributed by atoms with Crippen LogP contribution >= 0.6 is 0 Å². The highest BCUT2D eigenvalue weighted by Gasteiger charge is 2.20. The van der Waals surface area contributed by atoms with Crippen LogP contribution in [0.15, 0.2) is 4.79 Å². The second-order valence-electron chi connectivity index (χ2n) is 4.95. The Hall–Kier alpha value is -1.20. The van der Waals surface area contributed by atoms with Crippen LogP contribution < -0.4 is 10.9 Å². The fourth-order valence-electron chi connectivity index (χ4n) is 2.55. The summed E-state index contributed by atoms with van der Waals surface area (Å²) in [5.74, 6) is 0.662. The molecule has 0 aromatic carbocycles. The number of aromatic nitrogens is 2. The molecule has 5 nitrogen and oxygen atoms in total. The van der Waals surface area contributed by atoms with Gasteiger partial charge >= 0.3 is 0 Å². The van der Waals surface area contributed by atoms with E-state index >= 15 is 0 Å². The molecule has 2 unspecified atom stereocenters. The normalized spacial score (nSPS) is 21.8. The Kier molecular flexibility index (Phi) is 4.14. The number of rotatable bonds is 3. The summed E-state index contributed by atoms with van der Waals surface area (Å²) in [6.07, 6.45) is 2.17. The summed E-state index contributed by atoms with van der Waals surface area (Å²) < 4.78 is 5.43. The fourth-order valence-corrected chi connectivity index (χ4v) is 2.55. The summed E-state index contributed by atoms with van der Waals surface area (Å²) in [7, 11) is 0. The van der Waals surface area contributed by atoms with Crippen molar-refractivity contribution in [3.63, 3.8) is 0 Å². The molecule has 0 saturated carbocycles. The first-order valence-corrected chi connectivity index (χ1v) is 6.49. The quantitative estimate of drug-likeness (QED) is 0.847. The number of ether oxygens (including phenoxy) is 1. The molecular weight excluding hydrogens is 230 g/mol. The fraction of sp³-hybridized carbons (Fsp3) is 0.692. The maximum absolute atomic E-state index is 12.0. The zero-order valence-electron chi connectivity index (χ0n) is 11.2. The summed E-state index contributed by atoms with van der Waals surface area (Å²) in [5.41, 5.74) is 1.48. The zero-order chi connectivity index (χ0) is 13.1. The van der Waals surface area contributed by atoms with Crippen molar-refractivity contribution in [1.29, 1.82) is 0 Å². The van der Waals surface area contributed by atoms with E-state index in [2.05, 4.69) is 15.3 Å². The van der Waals surface area contributed by atoms with Crippen LogP contribution in [-0.2, 0) is 4.74 Å². The maximum atomic E-state index is 12.0. The second kappa shape index (κ2) is 5.63. The van der Waals surface area contributed by atoms with Crippen molar-refractivity contribution >= 4 is 0 Å². The molecule has 1 aliphatic rings. The van der Waals surface area contributed by atoms with Crippen molar-refractivity contribution in [2.45, 2.75) is 45.7 Å². The van der Waals surface area contributed by atoms with Gasteiger partial charge in [-0.2, -0.15) is 0 Å². The predicted molar refractivity (Wildman–Crippen MR) is 69.7 cm³/mol. The molecule has 1 saturated heterocycles. The summed E-state index contributed by atoms with van der Waals surface area (Å²) >= 11 is 0. The first kappa shape index (κ1) is 13.2. The molecule has 5 heteroatoms. The lowest BCUT2D eigenvalue weighted by Gasteiger charge is -2.27. The summed E-state index contributed by atoms with van der Waals surface area (Å²) in [6, 6.07) is 0.322. The third kappa shape index (κ3) is 2.97. The minimum Gasteiger partial charge on any atom is -0.380 e. The van der Waals surface area contributed by atoms with Crippen molar-refractivity contribution in [2.75, 3.05) is 13.2 Å². The molecule has 0 bridgehead atoms. The average Bonchev–Trinajstić information content (AvgIpc) is 2.28. The Bertz CT molecular complexity index is 464. The Morgan fingerprint density at radius 2 is 2.28 bits per heavy atom. The van der Waals surface area contributed by atoms with Crippen LogP contribution in [-0.4, -0.2) is 29.2 Å². The van der Waals surface area contributed by atoms with Gasteiger partial charge in [0.25, 0.3) is 5.56 Å². The summed E-state index contributed by atoms with van der Waals surface area (Å²) in [4.78, 5) is 19.1. The molecule has 2 rings (SSSR count). The smallest absolute Gasteiger partial charge is 0.255 e. The lowest BCUT2D eigenvalue weighted by molar-refractivity contribution is 0.0670. The Labute approximate surface area is 107 Å². The lowest BCUT2D eigenvalue weighted by Crippen LogP contribution is -2.40. The molecule has 2 heterocycles. The monoisotopic (exact) mass is 251 g/mol. The van der Waals surface area contributed by atoms with E-state index < -0.39 is 0 Å². The van der Waals surface area contributed by atoms with Gasteiger partial charge < -0.3 is 15.0 Å². The lowest BCUT2D eigenvalue weighted by atomic mass is 10.0. The van der Waals surface area contributed by atoms with Gasteiger partial charge in [-0.05, 0) is 33.6 Å². The van der Waals surface area contributed by atoms with Gasteiger partial charge in [0.15, 0.2) is 0 Å². The number of nitrogens with one attached hydrogen (secondary N) is 2. The Morgan fingerprint density at radius 3 is 2.89 bits per heavy atom. The Morgan fingerprint density at radius 1 is 1.50 bits per heavy atom. The number of aryl methyl sites for hydroxylation is 2. The van der Waals surface area contributed by atoms with Gasteiger partial charge in [0.05, 0.1) is 12.2 Å². The molecule has 0 aliphatic carbocycles. The second-order valence-corrected chi connectivity index (χ2v) is 4.95. The summed E-state index contributed by atoms with van der Waals surface area (Å²) in [6.45, 7) is 7.25. The third-order valence-corrected chi connectivity index (χ3v) is 3.34. The number of nitrogens with zero attached hydrogens (tertiary/aromatic N) is 1. The zero-order valence-corrected chi connectivity index (χ0v) is 11.2. The molecule has 2 atom stereocenters. The Balaban J connectivity index is 2.13. The SMILES string of the molecule is Cc1nc(C)c(C(C)NC2CCCOC2)c(=O)[nH]1. The van der Waals surface area contributed by atoms with Crippen molar-refractivity contribution in [3.05, 3.63) is 27.4 Å². The van der Waals surface area contributed by atoms with Crippen molar-refractivity contribution in [1.82, 2.24) is 15.3 Å². The molecular formula is C13H21N3O2. The molecule has 1 aromatic heterocycles. The van der Waals surface area contributed by atoms with Crippen LogP contribution in [0.5, 0.6) is 0 Å². The minimum absolute atomic E-state index is 0.00597. The summed E-state index contributed by atoms with van der Waals surface area (Å²) in [5, 5.41) is 3.45. The van der Waals surface area contributed by atoms with Gasteiger partial charge in [-0.25, -0.2) is 4.98 Å².